The maximum absolute atomic E-state index is 13.6. The summed E-state index contributed by atoms with van der Waals surface area (Å²) >= 11 is 0. The van der Waals surface area contributed by atoms with E-state index in [1.54, 1.807) is 18.3 Å². The van der Waals surface area contributed by atoms with E-state index in [2.05, 4.69) is 5.10 Å². The van der Waals surface area contributed by atoms with E-state index < -0.39 is 29.8 Å². The van der Waals surface area contributed by atoms with E-state index in [1.165, 1.54) is 7.11 Å². The number of carbonyl (C=O) groups is 1. The molecule has 168 valence electrons. The molecule has 1 unspecified atom stereocenters. The average Bonchev–Trinajstić information content (AvgIpc) is 3.09. The molecule has 1 atom stereocenters. The van der Waals surface area contributed by atoms with Gasteiger partial charge < -0.3 is 14.7 Å². The Morgan fingerprint density at radius 1 is 1.19 bits per heavy atom. The van der Waals surface area contributed by atoms with E-state index in [4.69, 9.17) is 4.74 Å². The fraction of sp³-hybridized carbons (Fsp3) is 0.273. The number of halogens is 4. The molecule has 0 saturated carbocycles. The van der Waals surface area contributed by atoms with Gasteiger partial charge in [0.2, 0.25) is 0 Å². The van der Waals surface area contributed by atoms with Crippen LogP contribution in [0.2, 0.25) is 0 Å². The second kappa shape index (κ2) is 8.36. The molecule has 1 N–H and O–H groups in total. The van der Waals surface area contributed by atoms with Crippen molar-refractivity contribution in [3.05, 3.63) is 76.7 Å². The highest BCUT2D eigenvalue weighted by Gasteiger charge is 2.38. The number of amides is 1. The van der Waals surface area contributed by atoms with Crippen LogP contribution in [0, 0.1) is 5.82 Å². The van der Waals surface area contributed by atoms with Crippen LogP contribution >= 0.6 is 0 Å². The first kappa shape index (κ1) is 22.0. The van der Waals surface area contributed by atoms with E-state index >= 15 is 0 Å². The first-order valence-corrected chi connectivity index (χ1v) is 9.72. The van der Waals surface area contributed by atoms with Gasteiger partial charge in [0.15, 0.2) is 6.29 Å². The first-order valence-electron chi connectivity index (χ1n) is 9.72. The monoisotopic (exact) mass is 449 g/mol. The van der Waals surface area contributed by atoms with Crippen molar-refractivity contribution < 1.29 is 32.2 Å². The zero-order valence-electron chi connectivity index (χ0n) is 16.9. The highest BCUT2D eigenvalue weighted by Crippen LogP contribution is 2.35. The maximum atomic E-state index is 13.6. The molecule has 1 amide bonds. The Balaban J connectivity index is 1.53. The number of rotatable bonds is 5. The molecule has 2 aromatic carbocycles. The second-order valence-corrected chi connectivity index (χ2v) is 7.42. The van der Waals surface area contributed by atoms with Crippen LogP contribution in [0.15, 0.2) is 59.3 Å². The van der Waals surface area contributed by atoms with Crippen LogP contribution in [0.5, 0.6) is 0 Å². The average molecular weight is 449 g/mol. The van der Waals surface area contributed by atoms with E-state index in [1.807, 2.05) is 17.0 Å². The molecule has 0 spiro atoms. The molecule has 0 fully saturated rings. The third-order valence-corrected chi connectivity index (χ3v) is 5.28. The molecule has 0 aliphatic carbocycles. The van der Waals surface area contributed by atoms with E-state index in [0.717, 1.165) is 16.6 Å². The minimum absolute atomic E-state index is 0.148. The van der Waals surface area contributed by atoms with Crippen molar-refractivity contribution in [2.75, 3.05) is 18.7 Å². The third-order valence-electron chi connectivity index (χ3n) is 5.28. The molecule has 2 aliphatic rings. The van der Waals surface area contributed by atoms with Crippen LogP contribution < -0.4 is 5.01 Å². The number of methoxy groups -OCH3 is 1. The van der Waals surface area contributed by atoms with E-state index in [0.29, 0.717) is 48.5 Å². The smallest absolute Gasteiger partial charge is 0.372 e. The molecule has 0 aromatic heterocycles. The van der Waals surface area contributed by atoms with Crippen LogP contribution in [0.1, 0.15) is 29.4 Å². The summed E-state index contributed by atoms with van der Waals surface area (Å²) in [6.45, 7) is 1.05. The van der Waals surface area contributed by atoms with Gasteiger partial charge in [-0.3, -0.25) is 4.79 Å². The molecule has 10 heteroatoms. The Kier molecular flexibility index (Phi) is 5.74. The number of benzene rings is 2. The number of hydrazone groups is 1. The number of nitrogens with zero attached hydrogens (tertiary/aromatic N) is 3. The first-order chi connectivity index (χ1) is 15.2. The Bertz CT molecular complexity index is 1100. The van der Waals surface area contributed by atoms with Gasteiger partial charge in [-0.2, -0.15) is 23.3 Å². The lowest BCUT2D eigenvalue weighted by atomic mass is 10.0. The third kappa shape index (κ3) is 4.23. The molecular weight excluding hydrogens is 430 g/mol. The van der Waals surface area contributed by atoms with Gasteiger partial charge in [-0.15, -0.1) is 0 Å². The van der Waals surface area contributed by atoms with Gasteiger partial charge in [0.1, 0.15) is 5.82 Å². The number of hydrogen-bond acceptors (Lipinski definition) is 5. The summed E-state index contributed by atoms with van der Waals surface area (Å²) in [5.74, 6) is -1.98. The summed E-state index contributed by atoms with van der Waals surface area (Å²) < 4.78 is 57.6. The summed E-state index contributed by atoms with van der Waals surface area (Å²) in [5, 5.41) is 14.7. The Morgan fingerprint density at radius 3 is 2.56 bits per heavy atom. The van der Waals surface area contributed by atoms with Crippen molar-refractivity contribution in [3.8, 4) is 0 Å². The predicted octanol–water partition coefficient (Wildman–Crippen LogP) is 3.97. The Hall–Kier alpha value is -3.24. The number of aliphatic hydroxyl groups is 1. The van der Waals surface area contributed by atoms with Crippen molar-refractivity contribution in [2.45, 2.75) is 25.4 Å². The van der Waals surface area contributed by atoms with Crippen molar-refractivity contribution in [3.63, 3.8) is 0 Å². The molecule has 2 aliphatic heterocycles. The highest BCUT2D eigenvalue weighted by atomic mass is 19.4. The lowest BCUT2D eigenvalue weighted by Crippen LogP contribution is -2.29. The van der Waals surface area contributed by atoms with Crippen LogP contribution in [0.4, 0.5) is 23.2 Å². The number of alkyl halides is 3. The van der Waals surface area contributed by atoms with Crippen LogP contribution in [0.25, 0.3) is 0 Å². The topological polar surface area (TPSA) is 65.4 Å². The standard InChI is InChI=1S/C22H19F4N3O3/c1-32-21(31)14-4-2-13(3-5-14)11-28-9-8-19-16(12-28)20(30)29(27-19)15-6-7-18(23)17(10-15)22(24,25)26/h2-7,10,12,21,31H,8-9,11H2,1H3. The van der Waals surface area contributed by atoms with Gasteiger partial charge in [-0.05, 0) is 23.8 Å². The highest BCUT2D eigenvalue weighted by molar-refractivity contribution is 6.30. The molecule has 6 nitrogen and oxygen atoms in total. The van der Waals surface area contributed by atoms with Gasteiger partial charge in [-0.25, -0.2) is 4.39 Å². The molecule has 32 heavy (non-hydrogen) atoms. The molecular formula is C22H19F4N3O3. The second-order valence-electron chi connectivity index (χ2n) is 7.42. The summed E-state index contributed by atoms with van der Waals surface area (Å²) in [6.07, 6.45) is -3.82. The van der Waals surface area contributed by atoms with Crippen molar-refractivity contribution in [1.29, 1.82) is 0 Å². The van der Waals surface area contributed by atoms with Crippen molar-refractivity contribution in [2.24, 2.45) is 5.10 Å². The van der Waals surface area contributed by atoms with Gasteiger partial charge >= 0.3 is 6.18 Å². The zero-order valence-corrected chi connectivity index (χ0v) is 16.9. The number of ether oxygens (including phenoxy) is 1. The fourth-order valence-corrected chi connectivity index (χ4v) is 3.59. The van der Waals surface area contributed by atoms with Crippen LogP contribution in [-0.2, 0) is 22.3 Å². The Labute approximate surface area is 181 Å². The number of hydrogen-bond donors (Lipinski definition) is 1. The van der Waals surface area contributed by atoms with Crippen LogP contribution in [0.3, 0.4) is 0 Å². The molecule has 0 bridgehead atoms. The minimum atomic E-state index is -4.88. The number of anilines is 1. The maximum Gasteiger partial charge on any atom is 0.419 e. The van der Waals surface area contributed by atoms with Crippen molar-refractivity contribution in [1.82, 2.24) is 4.90 Å². The largest absolute Gasteiger partial charge is 0.419 e. The molecule has 0 saturated heterocycles. The molecule has 0 radical (unpaired) electrons. The summed E-state index contributed by atoms with van der Waals surface area (Å²) in [7, 11) is 1.40. The Morgan fingerprint density at radius 2 is 1.91 bits per heavy atom. The SMILES string of the molecule is COC(O)c1ccc(CN2C=C3C(=O)N(c4ccc(F)c(C(F)(F)F)c4)N=C3CC2)cc1. The van der Waals surface area contributed by atoms with Crippen LogP contribution in [-0.4, -0.2) is 35.3 Å². The van der Waals surface area contributed by atoms with E-state index in [-0.39, 0.29) is 5.69 Å². The fourth-order valence-electron chi connectivity index (χ4n) is 3.59. The summed E-state index contributed by atoms with van der Waals surface area (Å²) in [4.78, 5) is 14.7. The lowest BCUT2D eigenvalue weighted by Gasteiger charge is -2.25. The quantitative estimate of drug-likeness (QED) is 0.554. The van der Waals surface area contributed by atoms with Crippen molar-refractivity contribution >= 4 is 17.3 Å². The summed E-state index contributed by atoms with van der Waals surface area (Å²) in [6, 6.07) is 9.50. The summed E-state index contributed by atoms with van der Waals surface area (Å²) in [5.41, 5.74) is 0.718. The van der Waals surface area contributed by atoms with Gasteiger partial charge in [0.25, 0.3) is 5.91 Å². The van der Waals surface area contributed by atoms with Gasteiger partial charge in [-0.1, -0.05) is 24.3 Å². The lowest BCUT2D eigenvalue weighted by molar-refractivity contribution is -0.140. The molecule has 4 rings (SSSR count). The van der Waals surface area contributed by atoms with Gasteiger partial charge in [0.05, 0.1) is 22.5 Å². The van der Waals surface area contributed by atoms with Gasteiger partial charge in [0, 0.05) is 38.4 Å². The zero-order chi connectivity index (χ0) is 23.0. The predicted molar refractivity (Wildman–Crippen MR) is 108 cm³/mol. The number of aliphatic hydroxyl groups excluding tert-OH is 1. The minimum Gasteiger partial charge on any atom is -0.372 e. The normalized spacial score (nSPS) is 17.2. The number of carbonyl (C=O) groups excluding carboxylic acids is 1. The van der Waals surface area contributed by atoms with E-state index in [9.17, 15) is 27.5 Å². The number of fused-ring (bicyclic) bond motifs is 1. The molecule has 2 heterocycles. The molecule has 2 aromatic rings.